The third-order valence-corrected chi connectivity index (χ3v) is 2.78. The number of nitrogens with zero attached hydrogens (tertiary/aromatic N) is 1. The van der Waals surface area contributed by atoms with Gasteiger partial charge in [0.15, 0.2) is 0 Å². The monoisotopic (exact) mass is 265 g/mol. The Hall–Kier alpha value is -1.88. The van der Waals surface area contributed by atoms with Crippen molar-refractivity contribution >= 4 is 11.9 Å². The van der Waals surface area contributed by atoms with E-state index in [1.807, 2.05) is 13.8 Å². The fourth-order valence-electron chi connectivity index (χ4n) is 1.73. The Labute approximate surface area is 112 Å². The van der Waals surface area contributed by atoms with Crippen LogP contribution in [0.2, 0.25) is 0 Å². The Morgan fingerprint density at radius 3 is 2.47 bits per heavy atom. The molecule has 1 N–H and O–H groups in total. The zero-order valence-electron chi connectivity index (χ0n) is 11.4. The molecule has 5 nitrogen and oxygen atoms in total. The van der Waals surface area contributed by atoms with Crippen LogP contribution in [0, 0.1) is 0 Å². The van der Waals surface area contributed by atoms with E-state index in [4.69, 9.17) is 9.84 Å². The summed E-state index contributed by atoms with van der Waals surface area (Å²) in [7, 11) is 1.58. The van der Waals surface area contributed by atoms with Gasteiger partial charge in [0, 0.05) is 25.3 Å². The number of hydrogen-bond acceptors (Lipinski definition) is 3. The Morgan fingerprint density at radius 1 is 1.32 bits per heavy atom. The summed E-state index contributed by atoms with van der Waals surface area (Å²) < 4.78 is 4.98. The molecule has 0 aliphatic carbocycles. The summed E-state index contributed by atoms with van der Waals surface area (Å²) >= 11 is 0. The molecule has 0 aliphatic heterocycles. The zero-order valence-corrected chi connectivity index (χ0v) is 11.4. The molecule has 0 atom stereocenters. The average molecular weight is 265 g/mol. The van der Waals surface area contributed by atoms with E-state index in [-0.39, 0.29) is 17.5 Å². The minimum absolute atomic E-state index is 0.0242. The van der Waals surface area contributed by atoms with Crippen LogP contribution in [0.3, 0.4) is 0 Å². The summed E-state index contributed by atoms with van der Waals surface area (Å²) in [5.74, 6) is -1.22. The van der Waals surface area contributed by atoms with Gasteiger partial charge < -0.3 is 14.7 Å². The van der Waals surface area contributed by atoms with Crippen LogP contribution in [0.15, 0.2) is 24.3 Å². The van der Waals surface area contributed by atoms with Gasteiger partial charge in [-0.25, -0.2) is 4.79 Å². The van der Waals surface area contributed by atoms with E-state index in [9.17, 15) is 9.59 Å². The number of benzene rings is 1. The fourth-order valence-corrected chi connectivity index (χ4v) is 1.73. The minimum Gasteiger partial charge on any atom is -0.478 e. The highest BCUT2D eigenvalue weighted by molar-refractivity contribution is 5.97. The molecule has 1 aromatic carbocycles. The maximum atomic E-state index is 12.3. The molecular formula is C14H19NO4. The van der Waals surface area contributed by atoms with E-state index in [1.54, 1.807) is 24.1 Å². The first-order chi connectivity index (χ1) is 8.97. The number of carbonyl (C=O) groups is 2. The molecule has 0 spiro atoms. The second-order valence-corrected chi connectivity index (χ2v) is 4.47. The van der Waals surface area contributed by atoms with E-state index in [0.717, 1.165) is 0 Å². The molecule has 0 saturated carbocycles. The van der Waals surface area contributed by atoms with E-state index in [2.05, 4.69) is 0 Å². The van der Waals surface area contributed by atoms with Gasteiger partial charge in [0.1, 0.15) is 0 Å². The SMILES string of the molecule is COCCN(C(=O)c1cccc(C(=O)O)c1)C(C)C. The fraction of sp³-hybridized carbons (Fsp3) is 0.429. The van der Waals surface area contributed by atoms with Crippen LogP contribution in [0.25, 0.3) is 0 Å². The van der Waals surface area contributed by atoms with Crippen LogP contribution >= 0.6 is 0 Å². The Bertz CT molecular complexity index is 457. The molecule has 0 aromatic heterocycles. The maximum Gasteiger partial charge on any atom is 0.335 e. The Morgan fingerprint density at radius 2 is 1.95 bits per heavy atom. The highest BCUT2D eigenvalue weighted by atomic mass is 16.5. The van der Waals surface area contributed by atoms with Gasteiger partial charge in [-0.3, -0.25) is 4.79 Å². The number of carboxylic acids is 1. The van der Waals surface area contributed by atoms with E-state index in [0.29, 0.717) is 18.7 Å². The minimum atomic E-state index is -1.04. The van der Waals surface area contributed by atoms with Gasteiger partial charge in [0.05, 0.1) is 12.2 Å². The van der Waals surface area contributed by atoms with E-state index in [1.165, 1.54) is 12.1 Å². The standard InChI is InChI=1S/C14H19NO4/c1-10(2)15(7-8-19-3)13(16)11-5-4-6-12(9-11)14(17)18/h4-6,9-10H,7-8H2,1-3H3,(H,17,18). The number of rotatable bonds is 6. The smallest absolute Gasteiger partial charge is 0.335 e. The molecule has 1 rings (SSSR count). The van der Waals surface area contributed by atoms with Crippen LogP contribution in [-0.4, -0.2) is 48.2 Å². The maximum absolute atomic E-state index is 12.3. The molecule has 5 heteroatoms. The molecular weight excluding hydrogens is 246 g/mol. The zero-order chi connectivity index (χ0) is 14.4. The first-order valence-electron chi connectivity index (χ1n) is 6.10. The van der Waals surface area contributed by atoms with Gasteiger partial charge >= 0.3 is 5.97 Å². The summed E-state index contributed by atoms with van der Waals surface area (Å²) in [6, 6.07) is 6.08. The van der Waals surface area contributed by atoms with Gasteiger partial charge in [0.25, 0.3) is 5.91 Å². The molecule has 1 aromatic rings. The van der Waals surface area contributed by atoms with Gasteiger partial charge in [-0.2, -0.15) is 0 Å². The summed E-state index contributed by atoms with van der Waals surface area (Å²) in [5, 5.41) is 8.94. The van der Waals surface area contributed by atoms with Crippen LogP contribution in [0.5, 0.6) is 0 Å². The van der Waals surface area contributed by atoms with Gasteiger partial charge in [-0.1, -0.05) is 6.07 Å². The molecule has 0 saturated heterocycles. The first-order valence-corrected chi connectivity index (χ1v) is 6.10. The average Bonchev–Trinajstić information content (AvgIpc) is 2.38. The molecule has 0 heterocycles. The topological polar surface area (TPSA) is 66.8 Å². The van der Waals surface area contributed by atoms with Gasteiger partial charge in [-0.05, 0) is 32.0 Å². The number of ether oxygens (including phenoxy) is 1. The third kappa shape index (κ3) is 4.06. The third-order valence-electron chi connectivity index (χ3n) is 2.78. The summed E-state index contributed by atoms with van der Waals surface area (Å²) in [6.45, 7) is 4.75. The van der Waals surface area contributed by atoms with Crippen molar-refractivity contribution in [1.82, 2.24) is 4.90 Å². The molecule has 104 valence electrons. The number of carbonyl (C=O) groups excluding carboxylic acids is 1. The lowest BCUT2D eigenvalue weighted by molar-refractivity contribution is 0.0635. The first kappa shape index (κ1) is 15.2. The van der Waals surface area contributed by atoms with Crippen molar-refractivity contribution in [3.63, 3.8) is 0 Å². The van der Waals surface area contributed by atoms with Crippen molar-refractivity contribution in [2.24, 2.45) is 0 Å². The molecule has 0 bridgehead atoms. The lowest BCUT2D eigenvalue weighted by Gasteiger charge is -2.26. The lowest BCUT2D eigenvalue weighted by Crippen LogP contribution is -2.39. The summed E-state index contributed by atoms with van der Waals surface area (Å²) in [4.78, 5) is 24.9. The quantitative estimate of drug-likeness (QED) is 0.852. The normalized spacial score (nSPS) is 10.5. The number of aromatic carboxylic acids is 1. The second-order valence-electron chi connectivity index (χ2n) is 4.47. The summed E-state index contributed by atoms with van der Waals surface area (Å²) in [5.41, 5.74) is 0.492. The highest BCUT2D eigenvalue weighted by Gasteiger charge is 2.19. The van der Waals surface area contributed by atoms with Crippen molar-refractivity contribution < 1.29 is 19.4 Å². The van der Waals surface area contributed by atoms with Crippen molar-refractivity contribution in [1.29, 1.82) is 0 Å². The number of carboxylic acid groups (broad SMARTS) is 1. The molecule has 1 amide bonds. The predicted molar refractivity (Wildman–Crippen MR) is 71.4 cm³/mol. The van der Waals surface area contributed by atoms with Crippen molar-refractivity contribution in [2.45, 2.75) is 19.9 Å². The molecule has 0 aliphatic rings. The van der Waals surface area contributed by atoms with Gasteiger partial charge in [0.2, 0.25) is 0 Å². The van der Waals surface area contributed by atoms with Crippen LogP contribution in [0.1, 0.15) is 34.6 Å². The molecule has 0 unspecified atom stereocenters. The van der Waals surface area contributed by atoms with E-state index < -0.39 is 5.97 Å². The largest absolute Gasteiger partial charge is 0.478 e. The second kappa shape index (κ2) is 6.89. The molecule has 0 fully saturated rings. The van der Waals surface area contributed by atoms with E-state index >= 15 is 0 Å². The number of amides is 1. The Kier molecular flexibility index (Phi) is 5.51. The van der Waals surface area contributed by atoms with Gasteiger partial charge in [-0.15, -0.1) is 0 Å². The highest BCUT2D eigenvalue weighted by Crippen LogP contribution is 2.11. The summed E-state index contributed by atoms with van der Waals surface area (Å²) in [6.07, 6.45) is 0. The number of hydrogen-bond donors (Lipinski definition) is 1. The van der Waals surface area contributed by atoms with Crippen molar-refractivity contribution in [2.75, 3.05) is 20.3 Å². The van der Waals surface area contributed by atoms with Crippen LogP contribution in [0.4, 0.5) is 0 Å². The lowest BCUT2D eigenvalue weighted by atomic mass is 10.1. The van der Waals surface area contributed by atoms with Crippen LogP contribution < -0.4 is 0 Å². The van der Waals surface area contributed by atoms with Crippen LogP contribution in [-0.2, 0) is 4.74 Å². The van der Waals surface area contributed by atoms with Crippen molar-refractivity contribution in [3.8, 4) is 0 Å². The predicted octanol–water partition coefficient (Wildman–Crippen LogP) is 1.88. The Balaban J connectivity index is 2.95. The number of methoxy groups -OCH3 is 1. The van der Waals surface area contributed by atoms with Crippen molar-refractivity contribution in [3.05, 3.63) is 35.4 Å². The molecule has 0 radical (unpaired) electrons. The molecule has 19 heavy (non-hydrogen) atoms.